The lowest BCUT2D eigenvalue weighted by Crippen LogP contribution is -2.06. The highest BCUT2D eigenvalue weighted by Crippen LogP contribution is 2.29. The fraction of sp³-hybridized carbons (Fsp3) is 0.149. The Bertz CT molecular complexity index is 2640. The largest absolute Gasteiger partial charge is 0.477 e. The van der Waals surface area contributed by atoms with Crippen LogP contribution in [0, 0.1) is 11.8 Å². The van der Waals surface area contributed by atoms with Crippen molar-refractivity contribution in [2.45, 2.75) is 32.6 Å². The van der Waals surface area contributed by atoms with Crippen molar-refractivity contribution in [3.63, 3.8) is 0 Å². The van der Waals surface area contributed by atoms with Crippen LogP contribution < -0.4 is 9.47 Å². The molecular formula is C47H38N6O2. The Kier molecular flexibility index (Phi) is 10.7. The maximum absolute atomic E-state index is 6.43. The molecule has 0 bridgehead atoms. The molecule has 0 aliphatic rings. The molecule has 0 aliphatic heterocycles. The van der Waals surface area contributed by atoms with Gasteiger partial charge >= 0.3 is 0 Å². The van der Waals surface area contributed by atoms with Crippen molar-refractivity contribution in [3.05, 3.63) is 168 Å². The standard InChI is InChI=1S/C47H38N6O2/c1-2-3-27-54-47-39-23-11-13-25-41(39)51-45(53-47)43-32-35(31-37(49-43)30-34-18-8-5-9-19-34)20-15-28-55-46-38-22-10-12-24-40(38)50-44(52-46)42-26-14-21-36(48-42)29-33-16-6-4-7-17-33/h4-14,16-19,21-26,31-32H,15,20,27-30H2,1H3. The number of hydrogen-bond acceptors (Lipinski definition) is 8. The van der Waals surface area contributed by atoms with Gasteiger partial charge in [0.25, 0.3) is 0 Å². The van der Waals surface area contributed by atoms with E-state index in [9.17, 15) is 0 Å². The highest BCUT2D eigenvalue weighted by atomic mass is 16.5. The van der Waals surface area contributed by atoms with Crippen LogP contribution in [0.25, 0.3) is 44.8 Å². The molecule has 0 fully saturated rings. The molecule has 268 valence electrons. The Morgan fingerprint density at radius 1 is 0.491 bits per heavy atom. The third kappa shape index (κ3) is 8.64. The van der Waals surface area contributed by atoms with E-state index >= 15 is 0 Å². The van der Waals surface area contributed by atoms with Crippen LogP contribution in [0.1, 0.15) is 41.4 Å². The van der Waals surface area contributed by atoms with Crippen LogP contribution in [0.3, 0.4) is 0 Å². The number of aryl methyl sites for hydroxylation is 1. The van der Waals surface area contributed by atoms with Crippen LogP contribution >= 0.6 is 0 Å². The quantitative estimate of drug-likeness (QED) is 0.0860. The van der Waals surface area contributed by atoms with Crippen LogP contribution in [-0.4, -0.2) is 43.1 Å². The van der Waals surface area contributed by atoms with Crippen molar-refractivity contribution in [2.75, 3.05) is 13.2 Å². The fourth-order valence-corrected chi connectivity index (χ4v) is 6.48. The lowest BCUT2D eigenvalue weighted by atomic mass is 10.0. The van der Waals surface area contributed by atoms with E-state index in [4.69, 9.17) is 39.4 Å². The molecule has 0 radical (unpaired) electrons. The Morgan fingerprint density at radius 3 is 1.75 bits per heavy atom. The third-order valence-corrected chi connectivity index (χ3v) is 9.10. The minimum Gasteiger partial charge on any atom is -0.477 e. The van der Waals surface area contributed by atoms with Gasteiger partial charge in [-0.1, -0.05) is 96.9 Å². The van der Waals surface area contributed by atoms with Gasteiger partial charge in [0.05, 0.1) is 28.4 Å². The van der Waals surface area contributed by atoms with Crippen LogP contribution in [-0.2, 0) is 19.3 Å². The smallest absolute Gasteiger partial charge is 0.226 e. The Balaban J connectivity index is 1.05. The summed E-state index contributed by atoms with van der Waals surface area (Å²) in [5.41, 5.74) is 8.37. The summed E-state index contributed by atoms with van der Waals surface area (Å²) < 4.78 is 12.4. The first-order valence-electron chi connectivity index (χ1n) is 18.4. The van der Waals surface area contributed by atoms with Gasteiger partial charge < -0.3 is 9.47 Å². The van der Waals surface area contributed by atoms with Crippen molar-refractivity contribution >= 4 is 21.8 Å². The molecule has 4 aromatic carbocycles. The van der Waals surface area contributed by atoms with Gasteiger partial charge in [0.2, 0.25) is 11.8 Å². The number of benzene rings is 4. The van der Waals surface area contributed by atoms with Crippen molar-refractivity contribution < 1.29 is 9.47 Å². The average molecular weight is 719 g/mol. The van der Waals surface area contributed by atoms with Gasteiger partial charge in [0.1, 0.15) is 11.4 Å². The molecule has 0 amide bonds. The summed E-state index contributed by atoms with van der Waals surface area (Å²) in [5.74, 6) is 7.92. The number of ether oxygens (including phenoxy) is 2. The van der Waals surface area contributed by atoms with Crippen molar-refractivity contribution in [1.29, 1.82) is 0 Å². The predicted molar refractivity (Wildman–Crippen MR) is 217 cm³/mol. The molecule has 0 saturated heterocycles. The van der Waals surface area contributed by atoms with E-state index in [1.54, 1.807) is 6.92 Å². The van der Waals surface area contributed by atoms with E-state index in [-0.39, 0.29) is 6.61 Å². The summed E-state index contributed by atoms with van der Waals surface area (Å²) in [6.07, 6.45) is 2.90. The van der Waals surface area contributed by atoms with E-state index in [1.807, 2.05) is 103 Å². The number of hydrogen-bond donors (Lipinski definition) is 0. The molecule has 8 heteroatoms. The molecule has 0 unspecified atom stereocenters. The van der Waals surface area contributed by atoms with Crippen molar-refractivity contribution in [2.24, 2.45) is 0 Å². The Hall–Kier alpha value is -6.98. The minimum absolute atomic E-state index is 0.240. The molecule has 0 saturated carbocycles. The second kappa shape index (κ2) is 16.8. The zero-order chi connectivity index (χ0) is 37.2. The van der Waals surface area contributed by atoms with E-state index in [0.717, 1.165) is 58.0 Å². The molecular weight excluding hydrogens is 681 g/mol. The summed E-state index contributed by atoms with van der Waals surface area (Å²) >= 11 is 0. The first kappa shape index (κ1) is 35.1. The van der Waals surface area contributed by atoms with E-state index in [0.29, 0.717) is 47.8 Å². The molecule has 8 nitrogen and oxygen atoms in total. The minimum atomic E-state index is 0.240. The Labute approximate surface area is 320 Å². The van der Waals surface area contributed by atoms with Crippen molar-refractivity contribution in [1.82, 2.24) is 29.9 Å². The highest BCUT2D eigenvalue weighted by Gasteiger charge is 2.15. The molecule has 4 heterocycles. The van der Waals surface area contributed by atoms with E-state index in [1.165, 1.54) is 11.1 Å². The zero-order valence-electron chi connectivity index (χ0n) is 30.5. The molecule has 55 heavy (non-hydrogen) atoms. The van der Waals surface area contributed by atoms with Crippen LogP contribution in [0.15, 0.2) is 140 Å². The van der Waals surface area contributed by atoms with Crippen molar-refractivity contribution in [3.8, 4) is 46.6 Å². The summed E-state index contributed by atoms with van der Waals surface area (Å²) in [6.45, 7) is 2.49. The second-order valence-corrected chi connectivity index (χ2v) is 13.1. The topological polar surface area (TPSA) is 95.8 Å². The fourth-order valence-electron chi connectivity index (χ4n) is 6.48. The Morgan fingerprint density at radius 2 is 1.07 bits per heavy atom. The van der Waals surface area contributed by atoms with Crippen LogP contribution in [0.5, 0.6) is 11.8 Å². The van der Waals surface area contributed by atoms with Gasteiger partial charge in [0, 0.05) is 24.2 Å². The molecule has 0 N–H and O–H groups in total. The molecule has 0 spiro atoms. The normalized spacial score (nSPS) is 10.9. The van der Waals surface area contributed by atoms with Gasteiger partial charge in [-0.15, -0.1) is 5.92 Å². The van der Waals surface area contributed by atoms with E-state index < -0.39 is 0 Å². The summed E-state index contributed by atoms with van der Waals surface area (Å²) in [5, 5.41) is 1.69. The zero-order valence-corrected chi connectivity index (χ0v) is 30.5. The molecule has 0 aliphatic carbocycles. The third-order valence-electron chi connectivity index (χ3n) is 9.10. The number of rotatable bonds is 13. The number of para-hydroxylation sites is 2. The maximum Gasteiger partial charge on any atom is 0.226 e. The van der Waals surface area contributed by atoms with Gasteiger partial charge in [-0.05, 0) is 85.0 Å². The van der Waals surface area contributed by atoms with Gasteiger partial charge in [-0.3, -0.25) is 0 Å². The maximum atomic E-state index is 6.43. The van der Waals surface area contributed by atoms with Gasteiger partial charge in [-0.25, -0.2) is 19.9 Å². The van der Waals surface area contributed by atoms with Gasteiger partial charge in [-0.2, -0.15) is 9.97 Å². The molecule has 4 aromatic heterocycles. The lowest BCUT2D eigenvalue weighted by Gasteiger charge is -2.13. The lowest BCUT2D eigenvalue weighted by molar-refractivity contribution is 0.303. The van der Waals surface area contributed by atoms with Crippen LogP contribution in [0.2, 0.25) is 0 Å². The summed E-state index contributed by atoms with van der Waals surface area (Å²) in [6, 6.07) is 46.7. The highest BCUT2D eigenvalue weighted by molar-refractivity contribution is 5.86. The summed E-state index contributed by atoms with van der Waals surface area (Å²) in [4.78, 5) is 29.5. The number of pyridine rings is 2. The number of fused-ring (bicyclic) bond motifs is 2. The van der Waals surface area contributed by atoms with Gasteiger partial charge in [0.15, 0.2) is 18.3 Å². The predicted octanol–water partition coefficient (Wildman–Crippen LogP) is 9.29. The SMILES string of the molecule is CC#CCOc1nc(-c2cc(CCCOc3nc(-c4cccc(Cc5ccccc5)n4)nc4ccccc34)cc(Cc3ccccc3)n2)nc2ccccc12. The summed E-state index contributed by atoms with van der Waals surface area (Å²) in [7, 11) is 0. The second-order valence-electron chi connectivity index (χ2n) is 13.1. The first-order chi connectivity index (χ1) is 27.2. The number of nitrogens with zero attached hydrogens (tertiary/aromatic N) is 6. The average Bonchev–Trinajstić information content (AvgIpc) is 3.23. The van der Waals surface area contributed by atoms with Crippen LogP contribution in [0.4, 0.5) is 0 Å². The molecule has 8 rings (SSSR count). The number of aromatic nitrogens is 6. The molecule has 8 aromatic rings. The first-order valence-corrected chi connectivity index (χ1v) is 18.4. The van der Waals surface area contributed by atoms with E-state index in [2.05, 4.69) is 48.2 Å². The molecule has 0 atom stereocenters. The monoisotopic (exact) mass is 718 g/mol.